The average Bonchev–Trinajstić information content (AvgIpc) is 3.20. The van der Waals surface area contributed by atoms with Crippen LogP contribution in [0.3, 0.4) is 0 Å². The summed E-state index contributed by atoms with van der Waals surface area (Å²) in [4.78, 5) is 27.5. The van der Waals surface area contributed by atoms with Crippen molar-refractivity contribution < 1.29 is 4.79 Å². The van der Waals surface area contributed by atoms with Crippen LogP contribution in [-0.2, 0) is 0 Å². The summed E-state index contributed by atoms with van der Waals surface area (Å²) >= 11 is 0. The number of hydrogen-bond acceptors (Lipinski definition) is 5. The summed E-state index contributed by atoms with van der Waals surface area (Å²) in [6, 6.07) is 14.4. The Labute approximate surface area is 163 Å². The number of likely N-dealkylation sites (N-methyl/N-ethyl adjacent to an activating group) is 1. The maximum Gasteiger partial charge on any atom is 0.282 e. The summed E-state index contributed by atoms with van der Waals surface area (Å²) in [6.45, 7) is 4.92. The first-order valence-corrected chi connectivity index (χ1v) is 9.65. The minimum atomic E-state index is -0.233. The zero-order valence-electron chi connectivity index (χ0n) is 15.8. The van der Waals surface area contributed by atoms with Crippen molar-refractivity contribution in [3.05, 3.63) is 64.4 Å². The number of nitrogens with one attached hydrogen (secondary N) is 1. The van der Waals surface area contributed by atoms with Crippen molar-refractivity contribution >= 4 is 16.8 Å². The van der Waals surface area contributed by atoms with Crippen LogP contribution in [0.25, 0.3) is 16.6 Å². The third-order valence-electron chi connectivity index (χ3n) is 5.35. The first-order valence-electron chi connectivity index (χ1n) is 9.65. The summed E-state index contributed by atoms with van der Waals surface area (Å²) in [5.41, 5.74) is 1.47. The second-order valence-electron chi connectivity index (χ2n) is 7.01. The van der Waals surface area contributed by atoms with Crippen LogP contribution < -0.4 is 10.9 Å². The highest BCUT2D eigenvalue weighted by atomic mass is 16.1. The number of carbonyl (C=O) groups is 1. The number of rotatable bonds is 5. The summed E-state index contributed by atoms with van der Waals surface area (Å²) in [6.07, 6.45) is 2.31. The summed E-state index contributed by atoms with van der Waals surface area (Å²) in [5, 5.41) is 11.6. The number of carbonyl (C=O) groups excluding carboxylic acids is 1. The number of amides is 1. The lowest BCUT2D eigenvalue weighted by molar-refractivity contribution is 0.0941. The van der Waals surface area contributed by atoms with Crippen LogP contribution in [0.1, 0.15) is 30.1 Å². The van der Waals surface area contributed by atoms with E-state index in [0.717, 1.165) is 19.5 Å². The standard InChI is InChI=1S/C21H23N5O2/c1-2-25-13-5-6-17(25)14-22-20(27)15-9-11-16(12-10-15)26-21(28)18-7-3-4-8-19(18)23-24-26/h3-4,7-12,17H,2,5-6,13-14H2,1H3,(H,22,27). The molecule has 2 heterocycles. The third kappa shape index (κ3) is 3.53. The Morgan fingerprint density at radius 1 is 1.18 bits per heavy atom. The molecule has 1 saturated heterocycles. The lowest BCUT2D eigenvalue weighted by atomic mass is 10.1. The van der Waals surface area contributed by atoms with Crippen LogP contribution in [0.15, 0.2) is 53.3 Å². The SMILES string of the molecule is CCN1CCCC1CNC(=O)c1ccc(-n2nnc3ccccc3c2=O)cc1. The van der Waals surface area contributed by atoms with Gasteiger partial charge in [-0.15, -0.1) is 5.10 Å². The van der Waals surface area contributed by atoms with Gasteiger partial charge in [0, 0.05) is 18.2 Å². The summed E-state index contributed by atoms with van der Waals surface area (Å²) in [5.74, 6) is -0.105. The van der Waals surface area contributed by atoms with E-state index in [9.17, 15) is 9.59 Å². The molecule has 1 aliphatic heterocycles. The van der Waals surface area contributed by atoms with Gasteiger partial charge in [-0.1, -0.05) is 24.3 Å². The first kappa shape index (κ1) is 18.3. The van der Waals surface area contributed by atoms with Gasteiger partial charge in [-0.05, 0) is 62.3 Å². The number of fused-ring (bicyclic) bond motifs is 1. The molecule has 1 fully saturated rings. The van der Waals surface area contributed by atoms with Crippen molar-refractivity contribution in [1.82, 2.24) is 25.2 Å². The van der Waals surface area contributed by atoms with Gasteiger partial charge >= 0.3 is 0 Å². The van der Waals surface area contributed by atoms with E-state index in [1.807, 2.05) is 6.07 Å². The fourth-order valence-electron chi connectivity index (χ4n) is 3.77. The first-order chi connectivity index (χ1) is 13.7. The van der Waals surface area contributed by atoms with Crippen molar-refractivity contribution in [2.24, 2.45) is 0 Å². The Hall–Kier alpha value is -3.06. The van der Waals surface area contributed by atoms with E-state index >= 15 is 0 Å². The molecule has 1 aliphatic rings. The van der Waals surface area contributed by atoms with Crippen molar-refractivity contribution in [1.29, 1.82) is 0 Å². The highest BCUT2D eigenvalue weighted by Gasteiger charge is 2.23. The Morgan fingerprint density at radius 3 is 2.75 bits per heavy atom. The Morgan fingerprint density at radius 2 is 1.96 bits per heavy atom. The van der Waals surface area contributed by atoms with Crippen molar-refractivity contribution in [2.75, 3.05) is 19.6 Å². The number of aromatic nitrogens is 3. The molecule has 7 heteroatoms. The second kappa shape index (κ2) is 7.90. The molecule has 1 N–H and O–H groups in total. The molecule has 7 nitrogen and oxygen atoms in total. The monoisotopic (exact) mass is 377 g/mol. The molecule has 0 saturated carbocycles. The molecule has 4 rings (SSSR count). The zero-order valence-corrected chi connectivity index (χ0v) is 15.8. The molecule has 3 aromatic rings. The van der Waals surface area contributed by atoms with Crippen LogP contribution in [-0.4, -0.2) is 51.5 Å². The highest BCUT2D eigenvalue weighted by Crippen LogP contribution is 2.16. The maximum absolute atomic E-state index is 12.6. The average molecular weight is 377 g/mol. The van der Waals surface area contributed by atoms with E-state index in [4.69, 9.17) is 0 Å². The van der Waals surface area contributed by atoms with E-state index < -0.39 is 0 Å². The van der Waals surface area contributed by atoms with Crippen molar-refractivity contribution in [2.45, 2.75) is 25.8 Å². The van der Waals surface area contributed by atoms with Crippen LogP contribution in [0.5, 0.6) is 0 Å². The molecule has 1 atom stereocenters. The number of likely N-dealkylation sites (tertiary alicyclic amines) is 1. The molecule has 0 bridgehead atoms. The molecular weight excluding hydrogens is 354 g/mol. The van der Waals surface area contributed by atoms with Gasteiger partial charge in [0.15, 0.2) is 0 Å². The molecule has 28 heavy (non-hydrogen) atoms. The van der Waals surface area contributed by atoms with Crippen molar-refractivity contribution in [3.8, 4) is 5.69 Å². The fourth-order valence-corrected chi connectivity index (χ4v) is 3.77. The molecule has 0 spiro atoms. The lowest BCUT2D eigenvalue weighted by Crippen LogP contribution is -2.40. The number of benzene rings is 2. The van der Waals surface area contributed by atoms with Crippen molar-refractivity contribution in [3.63, 3.8) is 0 Å². The van der Waals surface area contributed by atoms with E-state index in [2.05, 4.69) is 27.5 Å². The zero-order chi connectivity index (χ0) is 19.5. The van der Waals surface area contributed by atoms with Crippen LogP contribution >= 0.6 is 0 Å². The summed E-state index contributed by atoms with van der Waals surface area (Å²) < 4.78 is 1.25. The number of nitrogens with zero attached hydrogens (tertiary/aromatic N) is 4. The fraction of sp³-hybridized carbons (Fsp3) is 0.333. The predicted octanol–water partition coefficient (Wildman–Crippen LogP) is 1.99. The minimum Gasteiger partial charge on any atom is -0.350 e. The van der Waals surface area contributed by atoms with Gasteiger partial charge < -0.3 is 5.32 Å². The van der Waals surface area contributed by atoms with Crippen LogP contribution in [0.2, 0.25) is 0 Å². The lowest BCUT2D eigenvalue weighted by Gasteiger charge is -2.22. The molecular formula is C21H23N5O2. The van der Waals surface area contributed by atoms with E-state index in [1.165, 1.54) is 11.1 Å². The van der Waals surface area contributed by atoms with Gasteiger partial charge in [0.25, 0.3) is 11.5 Å². The maximum atomic E-state index is 12.6. The molecule has 0 aliphatic carbocycles. The Kier molecular flexibility index (Phi) is 5.16. The Bertz CT molecular complexity index is 1040. The Balaban J connectivity index is 1.49. The largest absolute Gasteiger partial charge is 0.350 e. The van der Waals surface area contributed by atoms with Gasteiger partial charge in [-0.2, -0.15) is 4.68 Å². The second-order valence-corrected chi connectivity index (χ2v) is 7.01. The highest BCUT2D eigenvalue weighted by molar-refractivity contribution is 5.94. The molecule has 2 aromatic carbocycles. The van der Waals surface area contributed by atoms with Gasteiger partial charge in [0.2, 0.25) is 0 Å². The summed E-state index contributed by atoms with van der Waals surface area (Å²) in [7, 11) is 0. The van der Waals surface area contributed by atoms with Gasteiger partial charge in [-0.3, -0.25) is 14.5 Å². The van der Waals surface area contributed by atoms with Gasteiger partial charge in [-0.25, -0.2) is 0 Å². The molecule has 1 amide bonds. The topological polar surface area (TPSA) is 80.1 Å². The smallest absolute Gasteiger partial charge is 0.282 e. The van der Waals surface area contributed by atoms with E-state index in [-0.39, 0.29) is 11.5 Å². The van der Waals surface area contributed by atoms with Crippen LogP contribution in [0, 0.1) is 0 Å². The van der Waals surface area contributed by atoms with E-state index in [0.29, 0.717) is 34.7 Å². The van der Waals surface area contributed by atoms with Gasteiger partial charge in [0.05, 0.1) is 11.1 Å². The molecule has 144 valence electrons. The normalized spacial score (nSPS) is 17.1. The van der Waals surface area contributed by atoms with E-state index in [1.54, 1.807) is 42.5 Å². The molecule has 1 aromatic heterocycles. The minimum absolute atomic E-state index is 0.105. The van der Waals surface area contributed by atoms with Crippen LogP contribution in [0.4, 0.5) is 0 Å². The number of hydrogen-bond donors (Lipinski definition) is 1. The third-order valence-corrected chi connectivity index (χ3v) is 5.35. The predicted molar refractivity (Wildman–Crippen MR) is 108 cm³/mol. The molecule has 0 radical (unpaired) electrons. The van der Waals surface area contributed by atoms with Gasteiger partial charge in [0.1, 0.15) is 5.52 Å². The molecule has 1 unspecified atom stereocenters. The quantitative estimate of drug-likeness (QED) is 0.736.